The lowest BCUT2D eigenvalue weighted by Crippen LogP contribution is -2.26. The number of allylic oxidation sites excluding steroid dienone is 1. The number of phenols is 1. The number of phenolic OH excluding ortho intramolecular Hbond substituents is 1. The van der Waals surface area contributed by atoms with Crippen molar-refractivity contribution in [1.29, 1.82) is 0 Å². The van der Waals surface area contributed by atoms with Gasteiger partial charge in [0.05, 0.1) is 17.9 Å². The van der Waals surface area contributed by atoms with Crippen molar-refractivity contribution < 1.29 is 29.0 Å². The number of esters is 1. The van der Waals surface area contributed by atoms with Gasteiger partial charge < -0.3 is 19.4 Å². The maximum Gasteiger partial charge on any atom is 0.334 e. The number of carboxylic acid groups (broad SMARTS) is 1. The number of carboxylic acids is 1. The Balaban J connectivity index is 0.000000243. The molecule has 0 saturated heterocycles. The predicted molar refractivity (Wildman–Crippen MR) is 170 cm³/mol. The summed E-state index contributed by atoms with van der Waals surface area (Å²) in [5.41, 5.74) is 4.76. The summed E-state index contributed by atoms with van der Waals surface area (Å²) in [5, 5.41) is 28.0. The number of hydrogen-bond acceptors (Lipinski definition) is 7. The Labute approximate surface area is 253 Å². The molecule has 0 amide bonds. The number of rotatable bonds is 11. The van der Waals surface area contributed by atoms with Gasteiger partial charge >= 0.3 is 11.9 Å². The van der Waals surface area contributed by atoms with Crippen LogP contribution in [-0.2, 0) is 31.6 Å². The minimum atomic E-state index is -1.79. The average Bonchev–Trinajstić information content (AvgIpc) is 3.40. The molecule has 0 aliphatic carbocycles. The highest BCUT2D eigenvalue weighted by Crippen LogP contribution is 2.24. The zero-order chi connectivity index (χ0) is 31.6. The average molecular weight is 602 g/mol. The number of aryl methyl sites for hydroxylation is 1. The van der Waals surface area contributed by atoms with Crippen molar-refractivity contribution in [3.05, 3.63) is 107 Å². The molecule has 0 saturated carbocycles. The molecule has 0 unspecified atom stereocenters. The Morgan fingerprint density at radius 3 is 2.05 bits per heavy atom. The van der Waals surface area contributed by atoms with E-state index >= 15 is 0 Å². The summed E-state index contributed by atoms with van der Waals surface area (Å²) in [6.45, 7) is 13.2. The maximum atomic E-state index is 11.4. The molecule has 0 bridgehead atoms. The molecule has 4 rings (SSSR count). The molecule has 9 nitrogen and oxygen atoms in total. The normalized spacial score (nSPS) is 11.7. The van der Waals surface area contributed by atoms with E-state index in [-0.39, 0.29) is 12.4 Å². The van der Waals surface area contributed by atoms with Gasteiger partial charge in [0.25, 0.3) is 0 Å². The van der Waals surface area contributed by atoms with Crippen molar-refractivity contribution in [2.45, 2.75) is 52.8 Å². The molecule has 0 atom stereocenters. The molecule has 0 aliphatic heterocycles. The van der Waals surface area contributed by atoms with E-state index in [0.717, 1.165) is 23.0 Å². The molecule has 0 fully saturated rings. The second-order valence-corrected chi connectivity index (χ2v) is 15.4. The zero-order valence-electron chi connectivity index (χ0n) is 25.3. The Morgan fingerprint density at radius 1 is 0.884 bits per heavy atom. The second-order valence-electron chi connectivity index (χ2n) is 11.0. The summed E-state index contributed by atoms with van der Waals surface area (Å²) in [7, 11) is -1.79. The van der Waals surface area contributed by atoms with Crippen LogP contribution < -0.4 is 0 Å². The zero-order valence-corrected chi connectivity index (χ0v) is 26.3. The van der Waals surface area contributed by atoms with Crippen molar-refractivity contribution in [3.8, 4) is 11.4 Å². The molecule has 1 aromatic heterocycles. The van der Waals surface area contributed by atoms with Crippen molar-refractivity contribution >= 4 is 31.3 Å². The maximum absolute atomic E-state index is 11.4. The van der Waals surface area contributed by atoms with Crippen LogP contribution in [0.2, 0.25) is 19.6 Å². The Hall–Kier alpha value is -4.70. The second kappa shape index (κ2) is 15.0. The molecule has 43 heavy (non-hydrogen) atoms. The van der Waals surface area contributed by atoms with Gasteiger partial charge in [-0.2, -0.15) is 0 Å². The minimum Gasteiger partial charge on any atom is -0.547 e. The van der Waals surface area contributed by atoms with E-state index in [0.29, 0.717) is 35.4 Å². The molecule has 10 heteroatoms. The molecule has 0 spiro atoms. The first kappa shape index (κ1) is 32.8. The molecule has 3 aromatic carbocycles. The number of aliphatic carboxylic acids is 1. The summed E-state index contributed by atoms with van der Waals surface area (Å²) in [6.07, 6.45) is 1.95. The van der Waals surface area contributed by atoms with Gasteiger partial charge in [0, 0.05) is 18.4 Å². The Morgan fingerprint density at radius 2 is 1.49 bits per heavy atom. The van der Waals surface area contributed by atoms with Crippen LogP contribution in [0.3, 0.4) is 0 Å². The highest BCUT2D eigenvalue weighted by Gasteiger charge is 2.21. The fourth-order valence-corrected chi connectivity index (χ4v) is 4.94. The first-order valence-corrected chi connectivity index (χ1v) is 17.4. The standard InChI is InChI=1S/C18H17N3O3.C15H22O3Si/c1-12(2)18(23)24-10-9-13-7-8-17(22)16(11-13)21-19-14-5-3-4-6-15(14)20-21;1-12(15(16)17)14(18-19(2,3)4)11-10-13-8-6-5-7-9-13/h3-8,11,22H,1,9-10H2,2H3;5-9H,10-11H2,1-4H3,(H,16,17). The topological polar surface area (TPSA) is 124 Å². The van der Waals surface area contributed by atoms with Crippen LogP contribution in [0.4, 0.5) is 0 Å². The van der Waals surface area contributed by atoms with Gasteiger partial charge in [-0.05, 0) is 75.3 Å². The van der Waals surface area contributed by atoms with Gasteiger partial charge in [-0.3, -0.25) is 0 Å². The van der Waals surface area contributed by atoms with E-state index in [1.807, 2.05) is 54.6 Å². The van der Waals surface area contributed by atoms with Gasteiger partial charge in [0.15, 0.2) is 0 Å². The lowest BCUT2D eigenvalue weighted by atomic mass is 10.1. The van der Waals surface area contributed by atoms with Crippen LogP contribution in [0.5, 0.6) is 5.75 Å². The van der Waals surface area contributed by atoms with E-state index in [2.05, 4.69) is 36.4 Å². The van der Waals surface area contributed by atoms with Gasteiger partial charge in [-0.1, -0.05) is 55.1 Å². The Bertz CT molecular complexity index is 1570. The highest BCUT2D eigenvalue weighted by atomic mass is 28.4. The molecule has 0 radical (unpaired) electrons. The number of aromatic hydroxyl groups is 1. The van der Waals surface area contributed by atoms with Gasteiger partial charge in [0.2, 0.25) is 8.32 Å². The number of aromatic nitrogens is 3. The van der Waals surface area contributed by atoms with E-state index in [1.54, 1.807) is 32.0 Å². The largest absolute Gasteiger partial charge is 0.547 e. The number of carbonyl (C=O) groups is 2. The molecular formula is C33H39N3O6Si. The fraction of sp³-hybridized carbons (Fsp3) is 0.273. The summed E-state index contributed by atoms with van der Waals surface area (Å²) in [5.74, 6) is -0.608. The van der Waals surface area contributed by atoms with E-state index in [1.165, 1.54) is 10.4 Å². The minimum absolute atomic E-state index is 0.0815. The Kier molecular flexibility index (Phi) is 11.4. The monoisotopic (exact) mass is 601 g/mol. The highest BCUT2D eigenvalue weighted by molar-refractivity contribution is 6.70. The number of carbonyl (C=O) groups excluding carboxylic acids is 1. The quantitative estimate of drug-likeness (QED) is 0.0851. The molecular weight excluding hydrogens is 562 g/mol. The number of ether oxygens (including phenoxy) is 1. The third kappa shape index (κ3) is 10.3. The molecule has 0 aliphatic rings. The van der Waals surface area contributed by atoms with Crippen molar-refractivity contribution in [1.82, 2.24) is 15.0 Å². The molecule has 226 valence electrons. The fourth-order valence-electron chi connectivity index (χ4n) is 3.94. The van der Waals surface area contributed by atoms with E-state index in [4.69, 9.17) is 14.3 Å². The summed E-state index contributed by atoms with van der Waals surface area (Å²) in [4.78, 5) is 23.9. The smallest absolute Gasteiger partial charge is 0.334 e. The van der Waals surface area contributed by atoms with Crippen molar-refractivity contribution in [2.75, 3.05) is 6.61 Å². The van der Waals surface area contributed by atoms with Crippen LogP contribution in [0.25, 0.3) is 16.7 Å². The van der Waals surface area contributed by atoms with Gasteiger partial charge in [-0.25, -0.2) is 9.59 Å². The van der Waals surface area contributed by atoms with Crippen LogP contribution in [0.15, 0.2) is 96.3 Å². The molecule has 1 heterocycles. The first-order chi connectivity index (χ1) is 20.3. The van der Waals surface area contributed by atoms with Crippen LogP contribution in [0, 0.1) is 0 Å². The number of hydrogen-bond donors (Lipinski definition) is 2. The van der Waals surface area contributed by atoms with E-state index < -0.39 is 20.3 Å². The lowest BCUT2D eigenvalue weighted by molar-refractivity contribution is -0.138. The third-order valence-electron chi connectivity index (χ3n) is 6.17. The summed E-state index contributed by atoms with van der Waals surface area (Å²) in [6, 6.07) is 22.7. The molecule has 2 N–H and O–H groups in total. The number of nitrogens with zero attached hydrogens (tertiary/aromatic N) is 3. The third-order valence-corrected chi connectivity index (χ3v) is 7.03. The van der Waals surface area contributed by atoms with Gasteiger partial charge in [-0.15, -0.1) is 15.0 Å². The van der Waals surface area contributed by atoms with Crippen LogP contribution in [-0.4, -0.2) is 52.1 Å². The van der Waals surface area contributed by atoms with Crippen LogP contribution in [0.1, 0.15) is 31.4 Å². The number of fused-ring (bicyclic) bond motifs is 1. The number of benzene rings is 3. The summed E-state index contributed by atoms with van der Waals surface area (Å²) < 4.78 is 11.0. The van der Waals surface area contributed by atoms with Gasteiger partial charge in [0.1, 0.15) is 22.5 Å². The first-order valence-electron chi connectivity index (χ1n) is 14.0. The molecule has 4 aromatic rings. The van der Waals surface area contributed by atoms with Crippen LogP contribution >= 0.6 is 0 Å². The van der Waals surface area contributed by atoms with E-state index in [9.17, 15) is 14.7 Å². The lowest BCUT2D eigenvalue weighted by Gasteiger charge is -2.23. The summed E-state index contributed by atoms with van der Waals surface area (Å²) >= 11 is 0. The SMILES string of the molecule is C=C(C)C(=O)OCCc1ccc(O)c(-n2nc3ccccc3n2)c1.CC(C(=O)O)=C(CCc1ccccc1)O[Si](C)(C)C. The van der Waals surface area contributed by atoms with Crippen molar-refractivity contribution in [2.24, 2.45) is 0 Å². The van der Waals surface area contributed by atoms with Crippen molar-refractivity contribution in [3.63, 3.8) is 0 Å². The predicted octanol–water partition coefficient (Wildman–Crippen LogP) is 6.62.